The van der Waals surface area contributed by atoms with Crippen LogP contribution in [0.25, 0.3) is 0 Å². The van der Waals surface area contributed by atoms with Crippen molar-refractivity contribution < 1.29 is 33.0 Å². The molecule has 1 aromatic rings. The highest BCUT2D eigenvalue weighted by molar-refractivity contribution is 5.88. The van der Waals surface area contributed by atoms with Gasteiger partial charge in [0.1, 0.15) is 11.9 Å². The van der Waals surface area contributed by atoms with Gasteiger partial charge in [-0.05, 0) is 24.5 Å². The van der Waals surface area contributed by atoms with Gasteiger partial charge in [-0.15, -0.1) is 0 Å². The number of amides is 2. The summed E-state index contributed by atoms with van der Waals surface area (Å²) in [5, 5.41) is 13.5. The number of hydrogen-bond acceptors (Lipinski definition) is 4. The van der Waals surface area contributed by atoms with Gasteiger partial charge in [0.05, 0.1) is 6.54 Å². The van der Waals surface area contributed by atoms with Gasteiger partial charge in [-0.2, -0.15) is 0 Å². The number of benzene rings is 1. The van der Waals surface area contributed by atoms with Gasteiger partial charge in [-0.3, -0.25) is 9.59 Å². The zero-order valence-corrected chi connectivity index (χ0v) is 13.8. The number of hydrogen-bond donors (Lipinski definition) is 3. The molecule has 0 spiro atoms. The Hall–Kier alpha value is -2.71. The lowest BCUT2D eigenvalue weighted by molar-refractivity contribution is -0.142. The normalized spacial score (nSPS) is 11.7. The first-order valence-electron chi connectivity index (χ1n) is 7.55. The van der Waals surface area contributed by atoms with Gasteiger partial charge in [0, 0.05) is 6.07 Å². The second kappa shape index (κ2) is 9.55. The summed E-state index contributed by atoms with van der Waals surface area (Å²) in [6.45, 7) is 2.60. The number of carbonyl (C=O) groups excluding carboxylic acids is 2. The van der Waals surface area contributed by atoms with E-state index in [4.69, 9.17) is 9.84 Å². The van der Waals surface area contributed by atoms with Crippen molar-refractivity contribution in [2.24, 2.45) is 5.92 Å². The molecule has 0 heterocycles. The fourth-order valence-electron chi connectivity index (χ4n) is 1.90. The molecule has 1 atom stereocenters. The molecule has 0 aliphatic rings. The largest absolute Gasteiger partial charge is 0.481 e. The summed E-state index contributed by atoms with van der Waals surface area (Å²) >= 11 is 0. The third-order valence-corrected chi connectivity index (χ3v) is 3.04. The monoisotopic (exact) mass is 358 g/mol. The van der Waals surface area contributed by atoms with Gasteiger partial charge in [0.25, 0.3) is 5.91 Å². The van der Waals surface area contributed by atoms with Crippen LogP contribution >= 0.6 is 0 Å². The van der Waals surface area contributed by atoms with E-state index in [0.717, 1.165) is 12.1 Å². The lowest BCUT2D eigenvalue weighted by Gasteiger charge is -2.16. The Bertz CT molecular complexity index is 637. The van der Waals surface area contributed by atoms with Crippen molar-refractivity contribution >= 4 is 17.8 Å². The summed E-state index contributed by atoms with van der Waals surface area (Å²) < 4.78 is 30.9. The smallest absolute Gasteiger partial charge is 0.326 e. The Labute approximate surface area is 143 Å². The number of ether oxygens (including phenoxy) is 1. The van der Waals surface area contributed by atoms with Crippen LogP contribution in [0.15, 0.2) is 18.2 Å². The van der Waals surface area contributed by atoms with Gasteiger partial charge < -0.3 is 20.5 Å². The van der Waals surface area contributed by atoms with Gasteiger partial charge >= 0.3 is 5.97 Å². The molecule has 138 valence electrons. The third kappa shape index (κ3) is 7.60. The van der Waals surface area contributed by atoms with E-state index in [1.807, 2.05) is 13.8 Å². The minimum atomic E-state index is -1.16. The van der Waals surface area contributed by atoms with Crippen molar-refractivity contribution in [2.75, 3.05) is 13.2 Å². The minimum Gasteiger partial charge on any atom is -0.481 e. The molecule has 3 N–H and O–H groups in total. The quantitative estimate of drug-likeness (QED) is 0.613. The predicted molar refractivity (Wildman–Crippen MR) is 83.9 cm³/mol. The first-order chi connectivity index (χ1) is 11.7. The van der Waals surface area contributed by atoms with E-state index in [-0.39, 0.29) is 18.1 Å². The molecule has 0 bridgehead atoms. The molecule has 0 saturated carbocycles. The summed E-state index contributed by atoms with van der Waals surface area (Å²) in [4.78, 5) is 34.3. The van der Waals surface area contributed by atoms with Crippen LogP contribution in [-0.4, -0.2) is 42.1 Å². The van der Waals surface area contributed by atoms with Gasteiger partial charge in [-0.25, -0.2) is 13.6 Å². The minimum absolute atomic E-state index is 0.0648. The molecule has 0 radical (unpaired) electrons. The van der Waals surface area contributed by atoms with Crippen molar-refractivity contribution in [1.82, 2.24) is 10.6 Å². The van der Waals surface area contributed by atoms with Gasteiger partial charge in [0.2, 0.25) is 5.91 Å². The summed E-state index contributed by atoms with van der Waals surface area (Å²) in [6.07, 6.45) is 0.252. The highest BCUT2D eigenvalue weighted by Crippen LogP contribution is 2.17. The predicted octanol–water partition coefficient (Wildman–Crippen LogP) is 1.08. The lowest BCUT2D eigenvalue weighted by Crippen LogP contribution is -2.46. The standard InChI is InChI=1S/C16H20F2N2O5/c1-9(2)5-12(16(23)24)20-14(21)7-19-15(22)8-25-13-4-3-10(17)6-11(13)18/h3-4,6,9,12H,5,7-8H2,1-2H3,(H,19,22)(H,20,21)(H,23,24)/t12-/m0/s1. The lowest BCUT2D eigenvalue weighted by atomic mass is 10.0. The molecule has 9 heteroatoms. The Morgan fingerprint density at radius 1 is 1.20 bits per heavy atom. The number of carboxylic acids is 1. The average molecular weight is 358 g/mol. The van der Waals surface area contributed by atoms with E-state index in [1.165, 1.54) is 0 Å². The van der Waals surface area contributed by atoms with Gasteiger partial charge in [0.15, 0.2) is 18.2 Å². The first-order valence-corrected chi connectivity index (χ1v) is 7.55. The molecule has 0 aliphatic carbocycles. The maximum absolute atomic E-state index is 13.3. The fraction of sp³-hybridized carbons (Fsp3) is 0.438. The topological polar surface area (TPSA) is 105 Å². The SMILES string of the molecule is CC(C)C[C@H](NC(=O)CNC(=O)COc1ccc(F)cc1F)C(=O)O. The molecule has 7 nitrogen and oxygen atoms in total. The van der Waals surface area contributed by atoms with Crippen molar-refractivity contribution in [1.29, 1.82) is 0 Å². The molecule has 0 fully saturated rings. The Morgan fingerprint density at radius 3 is 2.44 bits per heavy atom. The summed E-state index contributed by atoms with van der Waals surface area (Å²) in [5.41, 5.74) is 0. The zero-order chi connectivity index (χ0) is 19.0. The molecule has 1 aromatic carbocycles. The molecular formula is C16H20F2N2O5. The van der Waals surface area contributed by atoms with Crippen LogP contribution in [-0.2, 0) is 14.4 Å². The highest BCUT2D eigenvalue weighted by atomic mass is 19.1. The van der Waals surface area contributed by atoms with E-state index in [1.54, 1.807) is 0 Å². The zero-order valence-electron chi connectivity index (χ0n) is 13.8. The number of rotatable bonds is 9. The molecule has 0 aromatic heterocycles. The van der Waals surface area contributed by atoms with Crippen LogP contribution < -0.4 is 15.4 Å². The Balaban J connectivity index is 2.39. The van der Waals surface area contributed by atoms with Crippen LogP contribution in [0, 0.1) is 17.6 Å². The maximum atomic E-state index is 13.3. The van der Waals surface area contributed by atoms with Crippen molar-refractivity contribution in [3.63, 3.8) is 0 Å². The van der Waals surface area contributed by atoms with Crippen LogP contribution in [0.5, 0.6) is 5.75 Å². The first kappa shape index (κ1) is 20.3. The van der Waals surface area contributed by atoms with E-state index >= 15 is 0 Å². The molecular weight excluding hydrogens is 338 g/mol. The van der Waals surface area contributed by atoms with Crippen LogP contribution in [0.3, 0.4) is 0 Å². The molecule has 0 aliphatic heterocycles. The molecule has 0 unspecified atom stereocenters. The maximum Gasteiger partial charge on any atom is 0.326 e. The fourth-order valence-corrected chi connectivity index (χ4v) is 1.90. The Kier molecular flexibility index (Phi) is 7.77. The molecule has 1 rings (SSSR count). The number of carbonyl (C=O) groups is 3. The second-order valence-electron chi connectivity index (χ2n) is 5.73. The number of halogens is 2. The molecule has 25 heavy (non-hydrogen) atoms. The van der Waals surface area contributed by atoms with Crippen molar-refractivity contribution in [3.05, 3.63) is 29.8 Å². The average Bonchev–Trinajstić information content (AvgIpc) is 2.51. The number of carboxylic acid groups (broad SMARTS) is 1. The molecule has 2 amide bonds. The van der Waals surface area contributed by atoms with Crippen LogP contribution in [0.2, 0.25) is 0 Å². The molecule has 0 saturated heterocycles. The second-order valence-corrected chi connectivity index (χ2v) is 5.73. The number of nitrogens with one attached hydrogen (secondary N) is 2. The van der Waals surface area contributed by atoms with E-state index < -0.39 is 48.6 Å². The number of aliphatic carboxylic acids is 1. The highest BCUT2D eigenvalue weighted by Gasteiger charge is 2.21. The van der Waals surface area contributed by atoms with E-state index in [0.29, 0.717) is 6.07 Å². The third-order valence-electron chi connectivity index (χ3n) is 3.04. The van der Waals surface area contributed by atoms with E-state index in [2.05, 4.69) is 10.6 Å². The van der Waals surface area contributed by atoms with Crippen molar-refractivity contribution in [2.45, 2.75) is 26.3 Å². The van der Waals surface area contributed by atoms with Crippen LogP contribution in [0.1, 0.15) is 20.3 Å². The summed E-state index contributed by atoms with van der Waals surface area (Å²) in [7, 11) is 0. The Morgan fingerprint density at radius 2 is 1.88 bits per heavy atom. The van der Waals surface area contributed by atoms with E-state index in [9.17, 15) is 23.2 Å². The van der Waals surface area contributed by atoms with Crippen LogP contribution in [0.4, 0.5) is 8.78 Å². The van der Waals surface area contributed by atoms with Gasteiger partial charge in [-0.1, -0.05) is 13.8 Å². The summed E-state index contributed by atoms with van der Waals surface area (Å²) in [5.74, 6) is -4.52. The summed E-state index contributed by atoms with van der Waals surface area (Å²) in [6, 6.07) is 1.58. The van der Waals surface area contributed by atoms with Crippen molar-refractivity contribution in [3.8, 4) is 5.75 Å².